The van der Waals surface area contributed by atoms with Gasteiger partial charge in [-0.3, -0.25) is 13.9 Å². The minimum atomic E-state index is -4.27. The minimum absolute atomic E-state index is 0.00463. The van der Waals surface area contributed by atoms with Crippen LogP contribution in [-0.2, 0) is 26.2 Å². The molecule has 11 heteroatoms. The van der Waals surface area contributed by atoms with Gasteiger partial charge in [0.15, 0.2) is 0 Å². The number of nitrogens with one attached hydrogen (secondary N) is 1. The molecule has 0 spiro atoms. The smallest absolute Gasteiger partial charge is 0.264 e. The van der Waals surface area contributed by atoms with Crippen molar-refractivity contribution in [2.45, 2.75) is 51.1 Å². The molecular formula is C31H38ClN3O6S. The molecule has 0 radical (unpaired) electrons. The fourth-order valence-electron chi connectivity index (χ4n) is 4.46. The van der Waals surface area contributed by atoms with Crippen LogP contribution in [0, 0.1) is 6.92 Å². The number of sulfonamides is 1. The van der Waals surface area contributed by atoms with Crippen molar-refractivity contribution in [3.8, 4) is 11.5 Å². The number of ether oxygens (including phenoxy) is 2. The third kappa shape index (κ3) is 7.95. The minimum Gasteiger partial charge on any atom is -0.497 e. The molecule has 0 unspecified atom stereocenters. The molecule has 9 nitrogen and oxygen atoms in total. The molecule has 0 heterocycles. The van der Waals surface area contributed by atoms with Gasteiger partial charge in [-0.15, -0.1) is 0 Å². The van der Waals surface area contributed by atoms with Gasteiger partial charge in [-0.2, -0.15) is 0 Å². The number of benzene rings is 3. The Morgan fingerprint density at radius 3 is 2.31 bits per heavy atom. The fourth-order valence-corrected chi connectivity index (χ4v) is 6.04. The standard InChI is InChI=1S/C31H38ClN3O6S/c1-6-17-33-31(37)27(7-2)34(20-23-9-8-10-25(18-23)40-4)30(36)21-35(28-19-24(32)13-16-29(28)41-5)42(38,39)26-14-11-22(3)12-15-26/h8-16,18-19,27H,6-7,17,20-21H2,1-5H3,(H,33,37)/t27-/m1/s1. The van der Waals surface area contributed by atoms with Gasteiger partial charge in [0.1, 0.15) is 24.1 Å². The molecule has 2 amide bonds. The van der Waals surface area contributed by atoms with Crippen LogP contribution in [0.1, 0.15) is 37.8 Å². The third-order valence-electron chi connectivity index (χ3n) is 6.72. The fraction of sp³-hybridized carbons (Fsp3) is 0.355. The lowest BCUT2D eigenvalue weighted by Gasteiger charge is -2.33. The predicted octanol–water partition coefficient (Wildman–Crippen LogP) is 5.19. The number of nitrogens with zero attached hydrogens (tertiary/aromatic N) is 2. The zero-order valence-corrected chi connectivity index (χ0v) is 26.2. The molecule has 3 aromatic carbocycles. The van der Waals surface area contributed by atoms with E-state index in [1.807, 2.05) is 26.8 Å². The molecule has 3 aromatic rings. The summed E-state index contributed by atoms with van der Waals surface area (Å²) >= 11 is 6.30. The van der Waals surface area contributed by atoms with Crippen LogP contribution in [0.4, 0.5) is 5.69 Å². The van der Waals surface area contributed by atoms with Crippen LogP contribution in [0.25, 0.3) is 0 Å². The SMILES string of the molecule is CCCNC(=O)[C@@H](CC)N(Cc1cccc(OC)c1)C(=O)CN(c1cc(Cl)ccc1OC)S(=O)(=O)c1ccc(C)cc1. The lowest BCUT2D eigenvalue weighted by Crippen LogP contribution is -2.52. The van der Waals surface area contributed by atoms with Gasteiger partial charge in [0, 0.05) is 18.1 Å². The number of halogens is 1. The molecule has 1 N–H and O–H groups in total. The van der Waals surface area contributed by atoms with Crippen LogP contribution in [0.5, 0.6) is 11.5 Å². The Balaban J connectivity index is 2.13. The molecule has 0 aliphatic heterocycles. The Labute approximate surface area is 253 Å². The summed E-state index contributed by atoms with van der Waals surface area (Å²) in [4.78, 5) is 28.9. The normalized spacial score (nSPS) is 11.9. The summed E-state index contributed by atoms with van der Waals surface area (Å²) in [6.45, 7) is 5.50. The van der Waals surface area contributed by atoms with Crippen LogP contribution in [0.2, 0.25) is 5.02 Å². The average molecular weight is 616 g/mol. The molecule has 226 valence electrons. The van der Waals surface area contributed by atoms with Crippen molar-refractivity contribution in [3.63, 3.8) is 0 Å². The van der Waals surface area contributed by atoms with E-state index in [2.05, 4.69) is 5.32 Å². The summed E-state index contributed by atoms with van der Waals surface area (Å²) in [5, 5.41) is 3.14. The third-order valence-corrected chi connectivity index (χ3v) is 8.73. The number of anilines is 1. The van der Waals surface area contributed by atoms with Gasteiger partial charge in [-0.05, 0) is 67.8 Å². The maximum Gasteiger partial charge on any atom is 0.264 e. The van der Waals surface area contributed by atoms with E-state index in [0.29, 0.717) is 18.7 Å². The van der Waals surface area contributed by atoms with E-state index in [1.165, 1.54) is 30.2 Å². The topological polar surface area (TPSA) is 105 Å². The highest BCUT2D eigenvalue weighted by Gasteiger charge is 2.35. The largest absolute Gasteiger partial charge is 0.497 e. The molecule has 42 heavy (non-hydrogen) atoms. The summed E-state index contributed by atoms with van der Waals surface area (Å²) in [7, 11) is -1.32. The lowest BCUT2D eigenvalue weighted by molar-refractivity contribution is -0.140. The number of carbonyl (C=O) groups is 2. The van der Waals surface area contributed by atoms with Crippen molar-refractivity contribution < 1.29 is 27.5 Å². The first-order chi connectivity index (χ1) is 20.0. The zero-order valence-electron chi connectivity index (χ0n) is 24.6. The summed E-state index contributed by atoms with van der Waals surface area (Å²) in [5.41, 5.74) is 1.70. The highest BCUT2D eigenvalue weighted by atomic mass is 35.5. The number of hydrogen-bond acceptors (Lipinski definition) is 6. The highest BCUT2D eigenvalue weighted by Crippen LogP contribution is 2.35. The Bertz CT molecular complexity index is 1480. The van der Waals surface area contributed by atoms with Crippen LogP contribution >= 0.6 is 11.6 Å². The number of rotatable bonds is 14. The summed E-state index contributed by atoms with van der Waals surface area (Å²) in [6.07, 6.45) is 1.04. The van der Waals surface area contributed by atoms with Crippen LogP contribution < -0.4 is 19.1 Å². The molecule has 0 fully saturated rings. The van der Waals surface area contributed by atoms with E-state index >= 15 is 0 Å². The van der Waals surface area contributed by atoms with Gasteiger partial charge in [-0.1, -0.05) is 55.3 Å². The number of amides is 2. The molecule has 0 bridgehead atoms. The second-order valence-corrected chi connectivity index (χ2v) is 12.0. The Morgan fingerprint density at radius 1 is 0.976 bits per heavy atom. The second-order valence-electron chi connectivity index (χ2n) is 9.73. The van der Waals surface area contributed by atoms with E-state index in [4.69, 9.17) is 21.1 Å². The molecule has 0 saturated carbocycles. The monoisotopic (exact) mass is 615 g/mol. The molecule has 0 aromatic heterocycles. The molecule has 1 atom stereocenters. The first-order valence-electron chi connectivity index (χ1n) is 13.7. The number of aryl methyl sites for hydroxylation is 1. The quantitative estimate of drug-likeness (QED) is 0.267. The van der Waals surface area contributed by atoms with E-state index in [9.17, 15) is 18.0 Å². The molecule has 3 rings (SSSR count). The van der Waals surface area contributed by atoms with Gasteiger partial charge in [-0.25, -0.2) is 8.42 Å². The Kier molecular flexibility index (Phi) is 11.6. The molecule has 0 aliphatic rings. The summed E-state index contributed by atoms with van der Waals surface area (Å²) < 4.78 is 40.0. The van der Waals surface area contributed by atoms with Gasteiger partial charge in [0.25, 0.3) is 10.0 Å². The lowest BCUT2D eigenvalue weighted by atomic mass is 10.1. The molecular weight excluding hydrogens is 578 g/mol. The van der Waals surface area contributed by atoms with Crippen molar-refractivity contribution in [3.05, 3.63) is 82.9 Å². The van der Waals surface area contributed by atoms with Gasteiger partial charge in [0.2, 0.25) is 11.8 Å². The number of methoxy groups -OCH3 is 2. The first kappa shape index (κ1) is 32.8. The summed E-state index contributed by atoms with van der Waals surface area (Å²) in [5.74, 6) is -0.0801. The van der Waals surface area contributed by atoms with Crippen LogP contribution in [0.15, 0.2) is 71.6 Å². The Morgan fingerprint density at radius 2 is 1.69 bits per heavy atom. The van der Waals surface area contributed by atoms with E-state index < -0.39 is 28.5 Å². The van der Waals surface area contributed by atoms with Crippen LogP contribution in [0.3, 0.4) is 0 Å². The van der Waals surface area contributed by atoms with Crippen LogP contribution in [-0.4, -0.2) is 58.5 Å². The van der Waals surface area contributed by atoms with Gasteiger partial charge < -0.3 is 19.7 Å². The van der Waals surface area contributed by atoms with Crippen molar-refractivity contribution in [1.82, 2.24) is 10.2 Å². The zero-order chi connectivity index (χ0) is 30.9. The van der Waals surface area contributed by atoms with Gasteiger partial charge >= 0.3 is 0 Å². The highest BCUT2D eigenvalue weighted by molar-refractivity contribution is 7.92. The van der Waals surface area contributed by atoms with E-state index in [1.54, 1.807) is 49.6 Å². The Hall–Kier alpha value is -3.76. The number of hydrogen-bond donors (Lipinski definition) is 1. The first-order valence-corrected chi connectivity index (χ1v) is 15.5. The maximum atomic E-state index is 14.2. The van der Waals surface area contributed by atoms with Crippen molar-refractivity contribution >= 4 is 39.1 Å². The molecule has 0 aliphatic carbocycles. The maximum absolute atomic E-state index is 14.2. The van der Waals surface area contributed by atoms with Crippen molar-refractivity contribution in [1.29, 1.82) is 0 Å². The van der Waals surface area contributed by atoms with Crippen molar-refractivity contribution in [2.75, 3.05) is 31.6 Å². The van der Waals surface area contributed by atoms with E-state index in [-0.39, 0.29) is 33.8 Å². The molecule has 0 saturated heterocycles. The predicted molar refractivity (Wildman–Crippen MR) is 165 cm³/mol. The van der Waals surface area contributed by atoms with Crippen molar-refractivity contribution in [2.24, 2.45) is 0 Å². The average Bonchev–Trinajstić information content (AvgIpc) is 2.98. The summed E-state index contributed by atoms with van der Waals surface area (Å²) in [6, 6.07) is 17.2. The second kappa shape index (κ2) is 14.9. The van der Waals surface area contributed by atoms with E-state index in [0.717, 1.165) is 21.9 Å². The number of carbonyl (C=O) groups excluding carboxylic acids is 2. The van der Waals surface area contributed by atoms with Gasteiger partial charge in [0.05, 0.1) is 24.8 Å².